The van der Waals surface area contributed by atoms with Crippen LogP contribution in [0.15, 0.2) is 42.2 Å². The molecule has 0 spiro atoms. The van der Waals surface area contributed by atoms with Crippen LogP contribution in [0.2, 0.25) is 11.1 Å². The van der Waals surface area contributed by atoms with E-state index in [1.165, 1.54) is 43.0 Å². The molecule has 2 atom stereocenters. The highest BCUT2D eigenvalue weighted by Gasteiger charge is 2.53. The Morgan fingerprint density at radius 1 is 1.00 bits per heavy atom. The smallest absolute Gasteiger partial charge is 0.287 e. The number of hydrogen-bond acceptors (Lipinski definition) is 1. The third kappa shape index (κ3) is 2.35. The highest BCUT2D eigenvalue weighted by atomic mass is 28.4. The molecule has 0 bridgehead atoms. The predicted octanol–water partition coefficient (Wildman–Crippen LogP) is 4.89. The molecule has 1 saturated heterocycles. The van der Waals surface area contributed by atoms with Crippen molar-refractivity contribution in [1.29, 1.82) is 0 Å². The summed E-state index contributed by atoms with van der Waals surface area (Å²) in [6, 6.07) is 11.1. The van der Waals surface area contributed by atoms with Crippen molar-refractivity contribution in [2.24, 2.45) is 0 Å². The second-order valence-electron chi connectivity index (χ2n) is 6.56. The average molecular weight is 286 g/mol. The fourth-order valence-electron chi connectivity index (χ4n) is 4.06. The Morgan fingerprint density at radius 3 is 2.30 bits per heavy atom. The fraction of sp³-hybridized carbons (Fsp3) is 0.556. The second-order valence-corrected chi connectivity index (χ2v) is 10.9. The van der Waals surface area contributed by atoms with E-state index in [0.717, 1.165) is 17.5 Å². The van der Waals surface area contributed by atoms with Crippen molar-refractivity contribution < 1.29 is 4.43 Å². The van der Waals surface area contributed by atoms with Gasteiger partial charge in [0, 0.05) is 6.42 Å². The summed E-state index contributed by atoms with van der Waals surface area (Å²) in [5.41, 5.74) is 1.45. The Balaban J connectivity index is 1.97. The first-order valence-electron chi connectivity index (χ1n) is 8.17. The van der Waals surface area contributed by atoms with Crippen LogP contribution in [-0.2, 0) is 4.43 Å². The summed E-state index contributed by atoms with van der Waals surface area (Å²) in [5, 5.41) is 1.50. The largest absolute Gasteiger partial charge is 0.542 e. The van der Waals surface area contributed by atoms with Gasteiger partial charge in [0.1, 0.15) is 0 Å². The third-order valence-electron chi connectivity index (χ3n) is 5.27. The molecule has 20 heavy (non-hydrogen) atoms. The lowest BCUT2D eigenvalue weighted by Crippen LogP contribution is -2.53. The van der Waals surface area contributed by atoms with E-state index in [0.29, 0.717) is 0 Å². The van der Waals surface area contributed by atoms with Gasteiger partial charge in [0.25, 0.3) is 8.32 Å². The molecule has 0 amide bonds. The molecule has 1 aromatic carbocycles. The first-order chi connectivity index (χ1) is 9.73. The maximum absolute atomic E-state index is 6.85. The Hall–Kier alpha value is -1.02. The number of allylic oxidation sites excluding steroid dienone is 2. The molecule has 2 aliphatic rings. The second kappa shape index (κ2) is 5.77. The molecule has 0 saturated carbocycles. The van der Waals surface area contributed by atoms with E-state index in [-0.39, 0.29) is 0 Å². The number of benzene rings is 1. The Kier molecular flexibility index (Phi) is 4.02. The summed E-state index contributed by atoms with van der Waals surface area (Å²) >= 11 is 0. The van der Waals surface area contributed by atoms with Gasteiger partial charge < -0.3 is 4.43 Å². The summed E-state index contributed by atoms with van der Waals surface area (Å²) in [6.45, 7) is 4.85. The average Bonchev–Trinajstić information content (AvgIpc) is 2.78. The van der Waals surface area contributed by atoms with Crippen molar-refractivity contribution in [3.63, 3.8) is 0 Å². The van der Waals surface area contributed by atoms with Gasteiger partial charge in [-0.05, 0) is 54.4 Å². The van der Waals surface area contributed by atoms with Gasteiger partial charge in [0.2, 0.25) is 0 Å². The molecular weight excluding hydrogens is 260 g/mol. The maximum atomic E-state index is 6.85. The minimum atomic E-state index is -1.87. The van der Waals surface area contributed by atoms with Crippen molar-refractivity contribution in [3.05, 3.63) is 42.2 Å². The van der Waals surface area contributed by atoms with E-state index in [9.17, 15) is 0 Å². The van der Waals surface area contributed by atoms with Crippen LogP contribution in [0, 0.1) is 0 Å². The van der Waals surface area contributed by atoms with Gasteiger partial charge >= 0.3 is 0 Å². The van der Waals surface area contributed by atoms with E-state index in [1.54, 1.807) is 0 Å². The Labute approximate surface area is 124 Å². The van der Waals surface area contributed by atoms with Gasteiger partial charge in [-0.2, -0.15) is 0 Å². The summed E-state index contributed by atoms with van der Waals surface area (Å²) < 4.78 is 6.85. The normalized spacial score (nSPS) is 33.8. The molecule has 1 aliphatic carbocycles. The maximum Gasteiger partial charge on any atom is 0.287 e. The summed E-state index contributed by atoms with van der Waals surface area (Å²) in [4.78, 5) is 0. The number of hydrogen-bond donors (Lipinski definition) is 0. The minimum absolute atomic E-state index is 0.725. The SMILES string of the molecule is CC1CCC(C)[Si]1(OC1=CCCCC1)c1ccccc1. The molecule has 1 heterocycles. The first-order valence-corrected chi connectivity index (χ1v) is 10.2. The zero-order valence-corrected chi connectivity index (χ0v) is 13.8. The van der Waals surface area contributed by atoms with Crippen LogP contribution in [0.4, 0.5) is 0 Å². The van der Waals surface area contributed by atoms with Crippen molar-refractivity contribution in [2.75, 3.05) is 0 Å². The fourth-order valence-corrected chi connectivity index (χ4v) is 9.21. The predicted molar refractivity (Wildman–Crippen MR) is 87.5 cm³/mol. The van der Waals surface area contributed by atoms with E-state index < -0.39 is 8.32 Å². The highest BCUT2D eigenvalue weighted by Crippen LogP contribution is 2.48. The monoisotopic (exact) mass is 286 g/mol. The van der Waals surface area contributed by atoms with E-state index in [4.69, 9.17) is 4.43 Å². The van der Waals surface area contributed by atoms with Crippen LogP contribution in [0.25, 0.3) is 0 Å². The van der Waals surface area contributed by atoms with Gasteiger partial charge in [-0.3, -0.25) is 0 Å². The van der Waals surface area contributed by atoms with Gasteiger partial charge in [0.15, 0.2) is 0 Å². The van der Waals surface area contributed by atoms with Crippen LogP contribution in [-0.4, -0.2) is 8.32 Å². The first kappa shape index (κ1) is 13.9. The van der Waals surface area contributed by atoms with Gasteiger partial charge in [-0.1, -0.05) is 44.2 Å². The van der Waals surface area contributed by atoms with Crippen LogP contribution in [0.1, 0.15) is 52.4 Å². The quantitative estimate of drug-likeness (QED) is 0.719. The van der Waals surface area contributed by atoms with Crippen LogP contribution in [0.3, 0.4) is 0 Å². The van der Waals surface area contributed by atoms with E-state index in [2.05, 4.69) is 50.3 Å². The molecule has 108 valence electrons. The Bertz CT molecular complexity index is 469. The lowest BCUT2D eigenvalue weighted by Gasteiger charge is -2.37. The zero-order chi connectivity index (χ0) is 14.0. The van der Waals surface area contributed by atoms with Crippen LogP contribution in [0.5, 0.6) is 0 Å². The molecule has 1 aromatic rings. The molecule has 0 N–H and O–H groups in total. The van der Waals surface area contributed by atoms with Crippen molar-refractivity contribution in [1.82, 2.24) is 0 Å². The lowest BCUT2D eigenvalue weighted by molar-refractivity contribution is 0.366. The van der Waals surface area contributed by atoms with E-state index in [1.807, 2.05) is 0 Å². The molecule has 2 heteroatoms. The molecule has 2 unspecified atom stereocenters. The lowest BCUT2D eigenvalue weighted by atomic mass is 10.1. The summed E-state index contributed by atoms with van der Waals surface area (Å²) in [7, 11) is -1.87. The van der Waals surface area contributed by atoms with Gasteiger partial charge in [0.05, 0.1) is 5.76 Å². The van der Waals surface area contributed by atoms with Crippen molar-refractivity contribution in [2.45, 2.75) is 63.5 Å². The highest BCUT2D eigenvalue weighted by molar-refractivity contribution is 6.89. The number of rotatable bonds is 3. The van der Waals surface area contributed by atoms with Gasteiger partial charge in [-0.25, -0.2) is 0 Å². The summed E-state index contributed by atoms with van der Waals surface area (Å²) in [6.07, 6.45) is 10.0. The molecule has 1 aliphatic heterocycles. The van der Waals surface area contributed by atoms with Crippen LogP contribution < -0.4 is 5.19 Å². The topological polar surface area (TPSA) is 9.23 Å². The molecule has 1 fully saturated rings. The molecule has 1 nitrogen and oxygen atoms in total. The molecular formula is C18H26OSi. The zero-order valence-electron chi connectivity index (χ0n) is 12.8. The molecule has 0 radical (unpaired) electrons. The third-order valence-corrected chi connectivity index (χ3v) is 10.6. The molecule has 3 rings (SSSR count). The minimum Gasteiger partial charge on any atom is -0.542 e. The Morgan fingerprint density at radius 2 is 1.70 bits per heavy atom. The van der Waals surface area contributed by atoms with Crippen LogP contribution >= 0.6 is 0 Å². The van der Waals surface area contributed by atoms with Crippen molar-refractivity contribution >= 4 is 13.5 Å². The van der Waals surface area contributed by atoms with Gasteiger partial charge in [-0.15, -0.1) is 0 Å². The van der Waals surface area contributed by atoms with Crippen molar-refractivity contribution in [3.8, 4) is 0 Å². The summed E-state index contributed by atoms with van der Waals surface area (Å²) in [5.74, 6) is 1.30. The standard InChI is InChI=1S/C18H26OSi/c1-15-13-14-16(2)20(15,18-11-7-4-8-12-18)19-17-9-5-3-6-10-17/h4,7-9,11-12,15-16H,3,5-6,10,13-14H2,1-2H3. The molecule has 0 aromatic heterocycles. The van der Waals surface area contributed by atoms with E-state index >= 15 is 0 Å².